The SMILES string of the molecule is CNC(c1ccc(C2CCCCC2)cc1)C(C)(C)O. The Kier molecular flexibility index (Phi) is 4.64. The normalized spacial score (nSPS) is 19.4. The third-order valence-corrected chi connectivity index (χ3v) is 4.34. The molecule has 2 nitrogen and oxygen atoms in total. The van der Waals surface area contributed by atoms with Crippen molar-refractivity contribution in [3.05, 3.63) is 35.4 Å². The van der Waals surface area contributed by atoms with Gasteiger partial charge in [-0.15, -0.1) is 0 Å². The van der Waals surface area contributed by atoms with E-state index in [1.54, 1.807) is 0 Å². The van der Waals surface area contributed by atoms with Crippen molar-refractivity contribution in [3.8, 4) is 0 Å². The van der Waals surface area contributed by atoms with Gasteiger partial charge in [0.25, 0.3) is 0 Å². The predicted molar refractivity (Wildman–Crippen MR) is 80.4 cm³/mol. The van der Waals surface area contributed by atoms with Gasteiger partial charge in [-0.1, -0.05) is 43.5 Å². The Balaban J connectivity index is 2.13. The van der Waals surface area contributed by atoms with E-state index in [-0.39, 0.29) is 6.04 Å². The first-order chi connectivity index (χ1) is 9.02. The lowest BCUT2D eigenvalue weighted by molar-refractivity contribution is 0.0400. The first-order valence-electron chi connectivity index (χ1n) is 7.52. The number of hydrogen-bond donors (Lipinski definition) is 2. The van der Waals surface area contributed by atoms with Gasteiger partial charge in [-0.2, -0.15) is 0 Å². The lowest BCUT2D eigenvalue weighted by Gasteiger charge is -2.30. The number of hydrogen-bond acceptors (Lipinski definition) is 2. The monoisotopic (exact) mass is 261 g/mol. The second-order valence-electron chi connectivity index (χ2n) is 6.38. The molecule has 0 amide bonds. The molecule has 0 saturated heterocycles. The number of likely N-dealkylation sites (N-methyl/N-ethyl adjacent to an activating group) is 1. The minimum absolute atomic E-state index is 0.0205. The van der Waals surface area contributed by atoms with Crippen LogP contribution in [-0.4, -0.2) is 17.8 Å². The topological polar surface area (TPSA) is 32.3 Å². The molecule has 19 heavy (non-hydrogen) atoms. The second-order valence-corrected chi connectivity index (χ2v) is 6.38. The van der Waals surface area contributed by atoms with Gasteiger partial charge in [0.1, 0.15) is 0 Å². The molecule has 1 aliphatic carbocycles. The largest absolute Gasteiger partial charge is 0.388 e. The van der Waals surface area contributed by atoms with Crippen LogP contribution in [0.5, 0.6) is 0 Å². The molecule has 0 heterocycles. The van der Waals surface area contributed by atoms with Gasteiger partial charge in [0, 0.05) is 0 Å². The first-order valence-corrected chi connectivity index (χ1v) is 7.52. The van der Waals surface area contributed by atoms with Crippen LogP contribution in [0.3, 0.4) is 0 Å². The van der Waals surface area contributed by atoms with Crippen LogP contribution in [0, 0.1) is 0 Å². The van der Waals surface area contributed by atoms with E-state index in [9.17, 15) is 5.11 Å². The minimum atomic E-state index is -0.749. The van der Waals surface area contributed by atoms with Gasteiger partial charge in [-0.05, 0) is 50.8 Å². The Morgan fingerprint density at radius 2 is 1.68 bits per heavy atom. The number of aliphatic hydroxyl groups is 1. The molecule has 0 radical (unpaired) electrons. The van der Waals surface area contributed by atoms with E-state index in [1.807, 2.05) is 20.9 Å². The van der Waals surface area contributed by atoms with E-state index >= 15 is 0 Å². The molecular formula is C17H27NO. The van der Waals surface area contributed by atoms with Gasteiger partial charge in [0.2, 0.25) is 0 Å². The van der Waals surface area contributed by atoms with E-state index in [4.69, 9.17) is 0 Å². The summed E-state index contributed by atoms with van der Waals surface area (Å²) in [6.45, 7) is 3.70. The third kappa shape index (κ3) is 3.58. The Labute approximate surface area is 117 Å². The molecule has 2 rings (SSSR count). The zero-order valence-corrected chi connectivity index (χ0v) is 12.4. The predicted octanol–water partition coefficient (Wildman–Crippen LogP) is 3.77. The van der Waals surface area contributed by atoms with E-state index in [0.29, 0.717) is 0 Å². The van der Waals surface area contributed by atoms with Crippen molar-refractivity contribution in [2.45, 2.75) is 63.5 Å². The summed E-state index contributed by atoms with van der Waals surface area (Å²) in [4.78, 5) is 0. The quantitative estimate of drug-likeness (QED) is 0.865. The molecular weight excluding hydrogens is 234 g/mol. The number of nitrogens with one attached hydrogen (secondary N) is 1. The van der Waals surface area contributed by atoms with Crippen LogP contribution in [0.2, 0.25) is 0 Å². The molecule has 1 saturated carbocycles. The van der Waals surface area contributed by atoms with Gasteiger partial charge < -0.3 is 10.4 Å². The maximum absolute atomic E-state index is 10.2. The van der Waals surface area contributed by atoms with Crippen LogP contribution >= 0.6 is 0 Å². The highest BCUT2D eigenvalue weighted by molar-refractivity contribution is 5.29. The van der Waals surface area contributed by atoms with Crippen molar-refractivity contribution in [3.63, 3.8) is 0 Å². The van der Waals surface area contributed by atoms with E-state index in [0.717, 1.165) is 11.5 Å². The Bertz CT molecular complexity index is 385. The van der Waals surface area contributed by atoms with Crippen LogP contribution in [0.25, 0.3) is 0 Å². The summed E-state index contributed by atoms with van der Waals surface area (Å²) in [6, 6.07) is 8.82. The Morgan fingerprint density at radius 1 is 1.11 bits per heavy atom. The highest BCUT2D eigenvalue weighted by Gasteiger charge is 2.27. The molecule has 0 bridgehead atoms. The molecule has 106 valence electrons. The maximum atomic E-state index is 10.2. The molecule has 0 aliphatic heterocycles. The average Bonchev–Trinajstić information content (AvgIpc) is 2.40. The van der Waals surface area contributed by atoms with Crippen molar-refractivity contribution < 1.29 is 5.11 Å². The fourth-order valence-corrected chi connectivity index (χ4v) is 3.32. The van der Waals surface area contributed by atoms with E-state index in [1.165, 1.54) is 37.7 Å². The molecule has 0 spiro atoms. The van der Waals surface area contributed by atoms with Crippen molar-refractivity contribution in [2.24, 2.45) is 0 Å². The van der Waals surface area contributed by atoms with E-state index in [2.05, 4.69) is 29.6 Å². The fourth-order valence-electron chi connectivity index (χ4n) is 3.32. The fraction of sp³-hybridized carbons (Fsp3) is 0.647. The number of benzene rings is 1. The Hall–Kier alpha value is -0.860. The molecule has 2 N–H and O–H groups in total. The average molecular weight is 261 g/mol. The molecule has 0 aromatic heterocycles. The van der Waals surface area contributed by atoms with Crippen molar-refractivity contribution in [1.29, 1.82) is 0 Å². The van der Waals surface area contributed by atoms with Gasteiger partial charge in [0.05, 0.1) is 11.6 Å². The van der Waals surface area contributed by atoms with Crippen LogP contribution in [0.15, 0.2) is 24.3 Å². The second kappa shape index (κ2) is 6.06. The molecule has 1 atom stereocenters. The molecule has 1 aromatic carbocycles. The standard InChI is InChI=1S/C17H27NO/c1-17(2,19)16(18-3)15-11-9-14(10-12-15)13-7-5-4-6-8-13/h9-13,16,18-19H,4-8H2,1-3H3. The molecule has 1 aromatic rings. The van der Waals surface area contributed by atoms with Crippen LogP contribution in [0.1, 0.15) is 69.0 Å². The summed E-state index contributed by atoms with van der Waals surface area (Å²) in [5, 5.41) is 13.4. The zero-order valence-electron chi connectivity index (χ0n) is 12.4. The van der Waals surface area contributed by atoms with Gasteiger partial charge in [-0.3, -0.25) is 0 Å². The molecule has 1 aliphatic rings. The third-order valence-electron chi connectivity index (χ3n) is 4.34. The van der Waals surface area contributed by atoms with Crippen LogP contribution < -0.4 is 5.32 Å². The molecule has 2 heteroatoms. The zero-order chi connectivity index (χ0) is 13.9. The summed E-state index contributed by atoms with van der Waals surface area (Å²) in [5.74, 6) is 0.748. The maximum Gasteiger partial charge on any atom is 0.0785 e. The van der Waals surface area contributed by atoms with E-state index < -0.39 is 5.60 Å². The van der Waals surface area contributed by atoms with Crippen molar-refractivity contribution >= 4 is 0 Å². The summed E-state index contributed by atoms with van der Waals surface area (Å²) in [6.07, 6.45) is 6.81. The summed E-state index contributed by atoms with van der Waals surface area (Å²) >= 11 is 0. The van der Waals surface area contributed by atoms with Gasteiger partial charge >= 0.3 is 0 Å². The molecule has 1 unspecified atom stereocenters. The Morgan fingerprint density at radius 3 is 2.16 bits per heavy atom. The summed E-state index contributed by atoms with van der Waals surface area (Å²) in [7, 11) is 1.90. The summed E-state index contributed by atoms with van der Waals surface area (Å²) in [5.41, 5.74) is 1.88. The lowest BCUT2D eigenvalue weighted by atomic mass is 9.83. The van der Waals surface area contributed by atoms with Gasteiger partial charge in [-0.25, -0.2) is 0 Å². The van der Waals surface area contributed by atoms with Crippen molar-refractivity contribution in [1.82, 2.24) is 5.32 Å². The van der Waals surface area contributed by atoms with Gasteiger partial charge in [0.15, 0.2) is 0 Å². The van der Waals surface area contributed by atoms with Crippen molar-refractivity contribution in [2.75, 3.05) is 7.05 Å². The minimum Gasteiger partial charge on any atom is -0.388 e. The number of rotatable bonds is 4. The lowest BCUT2D eigenvalue weighted by Crippen LogP contribution is -2.37. The summed E-state index contributed by atoms with van der Waals surface area (Å²) < 4.78 is 0. The highest BCUT2D eigenvalue weighted by atomic mass is 16.3. The smallest absolute Gasteiger partial charge is 0.0785 e. The van der Waals surface area contributed by atoms with Crippen LogP contribution in [-0.2, 0) is 0 Å². The highest BCUT2D eigenvalue weighted by Crippen LogP contribution is 2.33. The van der Waals surface area contributed by atoms with Crippen LogP contribution in [0.4, 0.5) is 0 Å². The molecule has 1 fully saturated rings. The first kappa shape index (κ1) is 14.5.